The van der Waals surface area contributed by atoms with Crippen molar-refractivity contribution >= 4 is 32.8 Å². The maximum absolute atomic E-state index is 11.5. The number of aliphatic imine (C=N–C) groups is 1. The molecule has 2 N–H and O–H groups in total. The van der Waals surface area contributed by atoms with Crippen LogP contribution in [0, 0.1) is 0 Å². The van der Waals surface area contributed by atoms with Gasteiger partial charge in [-0.15, -0.1) is 0 Å². The Labute approximate surface area is 133 Å². The molecule has 0 fully saturated rings. The summed E-state index contributed by atoms with van der Waals surface area (Å²) in [6.45, 7) is 0. The highest BCUT2D eigenvalue weighted by Crippen LogP contribution is 2.31. The van der Waals surface area contributed by atoms with E-state index in [4.69, 9.17) is 0 Å². The Morgan fingerprint density at radius 2 is 1.52 bits per heavy atom. The molecule has 3 aromatic rings. The molecule has 0 unspecified atom stereocenters. The molecule has 0 saturated heterocycles. The number of hydrogen-bond donors (Lipinski definition) is 2. The van der Waals surface area contributed by atoms with Crippen molar-refractivity contribution in [3.8, 4) is 5.75 Å². The molecule has 0 aliphatic rings. The average Bonchev–Trinajstić information content (AvgIpc) is 2.52. The molecule has 0 saturated carbocycles. The van der Waals surface area contributed by atoms with Crippen molar-refractivity contribution in [1.29, 1.82) is 0 Å². The summed E-state index contributed by atoms with van der Waals surface area (Å²) in [4.78, 5) is 4.17. The van der Waals surface area contributed by atoms with Crippen molar-refractivity contribution in [3.05, 3.63) is 66.2 Å². The van der Waals surface area contributed by atoms with E-state index in [1.165, 1.54) is 18.3 Å². The summed E-state index contributed by atoms with van der Waals surface area (Å²) in [5.74, 6) is 0.107. The van der Waals surface area contributed by atoms with Crippen molar-refractivity contribution in [1.82, 2.24) is 0 Å². The summed E-state index contributed by atoms with van der Waals surface area (Å²) in [6.07, 6.45) is 1.50. The van der Waals surface area contributed by atoms with Crippen molar-refractivity contribution in [2.45, 2.75) is 4.90 Å². The first-order chi connectivity index (χ1) is 11.0. The fraction of sp³-hybridized carbons (Fsp3) is 0. The van der Waals surface area contributed by atoms with Gasteiger partial charge in [-0.2, -0.15) is 8.42 Å². The Morgan fingerprint density at radius 1 is 0.870 bits per heavy atom. The zero-order chi connectivity index (χ0) is 16.4. The minimum Gasteiger partial charge on any atom is -0.507 e. The van der Waals surface area contributed by atoms with E-state index in [1.54, 1.807) is 48.5 Å². The summed E-state index contributed by atoms with van der Waals surface area (Å²) in [5.41, 5.74) is 1.09. The van der Waals surface area contributed by atoms with E-state index in [1.807, 2.05) is 0 Å². The molecule has 0 atom stereocenters. The third-order valence-electron chi connectivity index (χ3n) is 3.42. The number of aromatic hydroxyl groups is 1. The van der Waals surface area contributed by atoms with Gasteiger partial charge in [-0.3, -0.25) is 9.55 Å². The molecule has 0 bridgehead atoms. The lowest BCUT2D eigenvalue weighted by atomic mass is 10.1. The molecule has 0 radical (unpaired) electrons. The van der Waals surface area contributed by atoms with E-state index in [9.17, 15) is 18.1 Å². The lowest BCUT2D eigenvalue weighted by Crippen LogP contribution is -1.98. The smallest absolute Gasteiger partial charge is 0.295 e. The summed E-state index contributed by atoms with van der Waals surface area (Å²) >= 11 is 0. The molecular formula is C17H13NO4S. The van der Waals surface area contributed by atoms with E-state index < -0.39 is 10.1 Å². The topological polar surface area (TPSA) is 87.0 Å². The molecule has 6 heteroatoms. The average molecular weight is 327 g/mol. The maximum Gasteiger partial charge on any atom is 0.295 e. The van der Waals surface area contributed by atoms with Gasteiger partial charge in [0.2, 0.25) is 0 Å². The zero-order valence-corrected chi connectivity index (χ0v) is 12.7. The van der Waals surface area contributed by atoms with E-state index in [0.717, 1.165) is 0 Å². The van der Waals surface area contributed by atoms with Crippen molar-refractivity contribution in [2.75, 3.05) is 0 Å². The monoisotopic (exact) mass is 327 g/mol. The van der Waals surface area contributed by atoms with Crippen LogP contribution in [0.4, 0.5) is 5.69 Å². The highest BCUT2D eigenvalue weighted by atomic mass is 32.2. The van der Waals surface area contributed by atoms with Gasteiger partial charge in [0, 0.05) is 22.6 Å². The van der Waals surface area contributed by atoms with Gasteiger partial charge < -0.3 is 5.11 Å². The molecule has 5 nitrogen and oxygen atoms in total. The number of rotatable bonds is 3. The minimum absolute atomic E-state index is 0.107. The van der Waals surface area contributed by atoms with Crippen molar-refractivity contribution < 1.29 is 18.1 Å². The fourth-order valence-electron chi connectivity index (χ4n) is 2.33. The molecule has 116 valence electrons. The minimum atomic E-state index is -4.31. The van der Waals surface area contributed by atoms with Crippen LogP contribution in [0.3, 0.4) is 0 Å². The molecule has 0 amide bonds. The lowest BCUT2D eigenvalue weighted by molar-refractivity contribution is 0.474. The predicted molar refractivity (Wildman–Crippen MR) is 89.1 cm³/mol. The first-order valence-electron chi connectivity index (χ1n) is 6.78. The standard InChI is InChI=1S/C17H13NO4S/c19-16-8-4-1-5-12(16)11-18-15-9-10-17(23(20,21)22)14-7-3-2-6-13(14)15/h1-11,19H,(H,20,21,22). The van der Waals surface area contributed by atoms with E-state index in [2.05, 4.69) is 4.99 Å². The number of hydrogen-bond acceptors (Lipinski definition) is 4. The molecular weight excluding hydrogens is 314 g/mol. The van der Waals surface area contributed by atoms with Crippen molar-refractivity contribution in [2.24, 2.45) is 4.99 Å². The zero-order valence-electron chi connectivity index (χ0n) is 11.9. The van der Waals surface area contributed by atoms with Crippen LogP contribution in [0.15, 0.2) is 70.6 Å². The number of phenolic OH excluding ortho intramolecular Hbond substituents is 1. The van der Waals surface area contributed by atoms with Crippen LogP contribution in [0.5, 0.6) is 5.75 Å². The van der Waals surface area contributed by atoms with Gasteiger partial charge in [-0.1, -0.05) is 36.4 Å². The van der Waals surface area contributed by atoms with Gasteiger partial charge in [0.25, 0.3) is 10.1 Å². The second-order valence-corrected chi connectivity index (χ2v) is 6.31. The quantitative estimate of drug-likeness (QED) is 0.569. The summed E-state index contributed by atoms with van der Waals surface area (Å²) in [5, 5.41) is 10.7. The highest BCUT2D eigenvalue weighted by molar-refractivity contribution is 7.86. The summed E-state index contributed by atoms with van der Waals surface area (Å²) in [7, 11) is -4.31. The predicted octanol–water partition coefficient (Wildman–Crippen LogP) is 3.54. The van der Waals surface area contributed by atoms with Gasteiger partial charge in [-0.25, -0.2) is 0 Å². The third-order valence-corrected chi connectivity index (χ3v) is 4.33. The summed E-state index contributed by atoms with van der Waals surface area (Å²) in [6, 6.07) is 16.4. The first kappa shape index (κ1) is 15.2. The number of para-hydroxylation sites is 1. The lowest BCUT2D eigenvalue weighted by Gasteiger charge is -2.06. The number of fused-ring (bicyclic) bond motifs is 1. The fourth-order valence-corrected chi connectivity index (χ4v) is 3.02. The van der Waals surface area contributed by atoms with E-state index in [-0.39, 0.29) is 10.6 Å². The molecule has 23 heavy (non-hydrogen) atoms. The van der Waals surface area contributed by atoms with Crippen LogP contribution in [0.25, 0.3) is 10.8 Å². The van der Waals surface area contributed by atoms with E-state index in [0.29, 0.717) is 22.0 Å². The number of phenols is 1. The van der Waals surface area contributed by atoms with Gasteiger partial charge in [-0.05, 0) is 24.3 Å². The molecule has 0 spiro atoms. The second kappa shape index (κ2) is 5.83. The van der Waals surface area contributed by atoms with Gasteiger partial charge in [0.15, 0.2) is 0 Å². The molecule has 0 aliphatic heterocycles. The highest BCUT2D eigenvalue weighted by Gasteiger charge is 2.15. The Kier molecular flexibility index (Phi) is 3.85. The molecule has 0 aromatic heterocycles. The Hall–Kier alpha value is -2.70. The van der Waals surface area contributed by atoms with Gasteiger partial charge in [0.05, 0.1) is 5.69 Å². The molecule has 3 aromatic carbocycles. The van der Waals surface area contributed by atoms with Crippen molar-refractivity contribution in [3.63, 3.8) is 0 Å². The Balaban J connectivity index is 2.15. The molecule has 0 heterocycles. The second-order valence-electron chi connectivity index (χ2n) is 4.92. The van der Waals surface area contributed by atoms with Crippen LogP contribution in [-0.2, 0) is 10.1 Å². The normalized spacial score (nSPS) is 12.0. The van der Waals surface area contributed by atoms with Gasteiger partial charge in [0.1, 0.15) is 10.6 Å². The van der Waals surface area contributed by atoms with Crippen LogP contribution >= 0.6 is 0 Å². The van der Waals surface area contributed by atoms with Gasteiger partial charge >= 0.3 is 0 Å². The Morgan fingerprint density at radius 3 is 2.22 bits per heavy atom. The number of nitrogens with zero attached hydrogens (tertiary/aromatic N) is 1. The molecule has 0 aliphatic carbocycles. The van der Waals surface area contributed by atoms with Crippen LogP contribution in [-0.4, -0.2) is 24.3 Å². The third kappa shape index (κ3) is 3.08. The number of benzene rings is 3. The van der Waals surface area contributed by atoms with Crippen LogP contribution in [0.2, 0.25) is 0 Å². The first-order valence-corrected chi connectivity index (χ1v) is 8.22. The SMILES string of the molecule is O=S(=O)(O)c1ccc(N=Cc2ccccc2O)c2ccccc12. The van der Waals surface area contributed by atoms with E-state index >= 15 is 0 Å². The Bertz CT molecular complexity index is 1010. The molecule has 3 rings (SSSR count). The summed E-state index contributed by atoms with van der Waals surface area (Å²) < 4.78 is 32.3. The largest absolute Gasteiger partial charge is 0.507 e. The van der Waals surface area contributed by atoms with Crippen LogP contribution < -0.4 is 0 Å². The van der Waals surface area contributed by atoms with Crippen LogP contribution in [0.1, 0.15) is 5.56 Å². The maximum atomic E-state index is 11.5.